The van der Waals surface area contributed by atoms with E-state index in [1.807, 2.05) is 6.07 Å². The lowest BCUT2D eigenvalue weighted by atomic mass is 10.1. The third kappa shape index (κ3) is 2.27. The van der Waals surface area contributed by atoms with Crippen molar-refractivity contribution in [2.45, 2.75) is 26.0 Å². The van der Waals surface area contributed by atoms with Crippen LogP contribution < -0.4 is 9.47 Å². The highest BCUT2D eigenvalue weighted by atomic mass is 79.9. The number of fused-ring (bicyclic) bond motifs is 1. The lowest BCUT2D eigenvalue weighted by Gasteiger charge is -2.13. The molecule has 0 aliphatic carbocycles. The first kappa shape index (κ1) is 13.4. The molecule has 0 amide bonds. The maximum absolute atomic E-state index is 10.5. The molecule has 1 aromatic heterocycles. The second-order valence-electron chi connectivity index (χ2n) is 4.52. The number of aliphatic hydroxyl groups excluding tert-OH is 1. The molecule has 1 atom stereocenters. The Labute approximate surface area is 124 Å². The van der Waals surface area contributed by atoms with Crippen LogP contribution in [-0.2, 0) is 6.54 Å². The molecule has 0 saturated heterocycles. The summed E-state index contributed by atoms with van der Waals surface area (Å²) in [4.78, 5) is 0. The summed E-state index contributed by atoms with van der Waals surface area (Å²) in [7, 11) is 0. The van der Waals surface area contributed by atoms with Crippen LogP contribution in [0.5, 0.6) is 11.5 Å². The molecule has 0 spiro atoms. The van der Waals surface area contributed by atoms with Crippen molar-refractivity contribution in [2.75, 3.05) is 6.79 Å². The van der Waals surface area contributed by atoms with E-state index in [0.29, 0.717) is 22.8 Å². The average molecular weight is 340 g/mol. The van der Waals surface area contributed by atoms with Gasteiger partial charge in [0.15, 0.2) is 11.5 Å². The van der Waals surface area contributed by atoms with Gasteiger partial charge in [0.25, 0.3) is 0 Å². The highest BCUT2D eigenvalue weighted by molar-refractivity contribution is 9.10. The molecule has 1 aliphatic heterocycles. The zero-order valence-electron chi connectivity index (χ0n) is 10.9. The topological polar surface area (TPSA) is 69.4 Å². The Hall–Kier alpha value is -1.60. The van der Waals surface area contributed by atoms with E-state index < -0.39 is 6.10 Å². The zero-order valence-corrected chi connectivity index (χ0v) is 12.5. The molecule has 0 saturated carbocycles. The van der Waals surface area contributed by atoms with Gasteiger partial charge in [-0.15, -0.1) is 5.10 Å². The number of rotatable bonds is 4. The first-order valence-electron chi connectivity index (χ1n) is 6.36. The van der Waals surface area contributed by atoms with Gasteiger partial charge in [0.1, 0.15) is 6.10 Å². The van der Waals surface area contributed by atoms with Crippen molar-refractivity contribution in [3.8, 4) is 11.5 Å². The number of aromatic nitrogens is 3. The van der Waals surface area contributed by atoms with Crippen molar-refractivity contribution < 1.29 is 14.6 Å². The molecule has 1 aromatic carbocycles. The van der Waals surface area contributed by atoms with Gasteiger partial charge in [-0.2, -0.15) is 0 Å². The molecule has 7 heteroatoms. The highest BCUT2D eigenvalue weighted by Gasteiger charge is 2.23. The summed E-state index contributed by atoms with van der Waals surface area (Å²) in [6.07, 6.45) is 1.70. The Morgan fingerprint density at radius 2 is 2.30 bits per heavy atom. The number of nitrogens with zero attached hydrogens (tertiary/aromatic N) is 3. The van der Waals surface area contributed by atoms with Crippen LogP contribution in [0.4, 0.5) is 0 Å². The van der Waals surface area contributed by atoms with Crippen LogP contribution in [-0.4, -0.2) is 26.9 Å². The molecular formula is C13H14BrN3O3. The second-order valence-corrected chi connectivity index (χ2v) is 5.38. The minimum Gasteiger partial charge on any atom is -0.454 e. The molecule has 20 heavy (non-hydrogen) atoms. The van der Waals surface area contributed by atoms with E-state index in [9.17, 15) is 5.11 Å². The molecule has 1 N–H and O–H groups in total. The van der Waals surface area contributed by atoms with E-state index in [1.165, 1.54) is 0 Å². The molecule has 1 unspecified atom stereocenters. The predicted molar refractivity (Wildman–Crippen MR) is 74.6 cm³/mol. The quantitative estimate of drug-likeness (QED) is 0.925. The van der Waals surface area contributed by atoms with Gasteiger partial charge in [-0.05, 0) is 40.0 Å². The summed E-state index contributed by atoms with van der Waals surface area (Å²) >= 11 is 3.42. The standard InChI is InChI=1S/C13H14BrN3O3/c1-2-3-17-10(6-15-16-17)12(18)8-4-9(14)13-11(5-8)19-7-20-13/h4-6,12,18H,2-3,7H2,1H3. The molecule has 0 fully saturated rings. The van der Waals surface area contributed by atoms with Gasteiger partial charge in [0.2, 0.25) is 6.79 Å². The third-order valence-electron chi connectivity index (χ3n) is 3.13. The summed E-state index contributed by atoms with van der Waals surface area (Å²) in [6.45, 7) is 2.97. The average Bonchev–Trinajstić information content (AvgIpc) is 3.07. The third-order valence-corrected chi connectivity index (χ3v) is 3.72. The SMILES string of the molecule is CCCn1nncc1C(O)c1cc(Br)c2c(c1)OCO2. The number of halogens is 1. The molecule has 6 nitrogen and oxygen atoms in total. The molecule has 106 valence electrons. The first-order chi connectivity index (χ1) is 9.70. The molecule has 2 aromatic rings. The Morgan fingerprint density at radius 3 is 3.10 bits per heavy atom. The van der Waals surface area contributed by atoms with E-state index in [1.54, 1.807) is 16.9 Å². The van der Waals surface area contributed by atoms with Crippen LogP contribution in [0.25, 0.3) is 0 Å². The number of hydrogen-bond donors (Lipinski definition) is 1. The maximum Gasteiger partial charge on any atom is 0.231 e. The zero-order chi connectivity index (χ0) is 14.1. The van der Waals surface area contributed by atoms with Gasteiger partial charge in [-0.1, -0.05) is 12.1 Å². The summed E-state index contributed by atoms with van der Waals surface area (Å²) in [5.74, 6) is 1.30. The summed E-state index contributed by atoms with van der Waals surface area (Å²) in [5, 5.41) is 18.4. The number of aryl methyl sites for hydroxylation is 1. The van der Waals surface area contributed by atoms with Gasteiger partial charge >= 0.3 is 0 Å². The van der Waals surface area contributed by atoms with E-state index in [2.05, 4.69) is 33.2 Å². The van der Waals surface area contributed by atoms with Gasteiger partial charge < -0.3 is 14.6 Å². The fraction of sp³-hybridized carbons (Fsp3) is 0.385. The largest absolute Gasteiger partial charge is 0.454 e. The number of hydrogen-bond acceptors (Lipinski definition) is 5. The van der Waals surface area contributed by atoms with Crippen molar-refractivity contribution in [1.82, 2.24) is 15.0 Å². The van der Waals surface area contributed by atoms with Crippen LogP contribution >= 0.6 is 15.9 Å². The monoisotopic (exact) mass is 339 g/mol. The Kier molecular flexibility index (Phi) is 3.62. The minimum absolute atomic E-state index is 0.197. The lowest BCUT2D eigenvalue weighted by molar-refractivity contribution is 0.173. The number of benzene rings is 1. The lowest BCUT2D eigenvalue weighted by Crippen LogP contribution is -2.10. The number of ether oxygens (including phenoxy) is 2. The van der Waals surface area contributed by atoms with E-state index in [4.69, 9.17) is 9.47 Å². The Balaban J connectivity index is 1.96. The van der Waals surface area contributed by atoms with Crippen molar-refractivity contribution in [1.29, 1.82) is 0 Å². The van der Waals surface area contributed by atoms with E-state index in [-0.39, 0.29) is 6.79 Å². The second kappa shape index (κ2) is 5.41. The predicted octanol–water partition coefficient (Wildman–Crippen LogP) is 2.26. The van der Waals surface area contributed by atoms with Crippen molar-refractivity contribution in [3.63, 3.8) is 0 Å². The van der Waals surface area contributed by atoms with Gasteiger partial charge in [0.05, 0.1) is 16.4 Å². The number of aliphatic hydroxyl groups is 1. The maximum atomic E-state index is 10.5. The molecule has 0 radical (unpaired) electrons. The molecule has 3 rings (SSSR count). The van der Waals surface area contributed by atoms with Crippen molar-refractivity contribution in [2.24, 2.45) is 0 Å². The van der Waals surface area contributed by atoms with Gasteiger partial charge in [-0.3, -0.25) is 0 Å². The van der Waals surface area contributed by atoms with Gasteiger partial charge in [0, 0.05) is 6.54 Å². The van der Waals surface area contributed by atoms with Crippen molar-refractivity contribution >= 4 is 15.9 Å². The van der Waals surface area contributed by atoms with Crippen LogP contribution in [0.15, 0.2) is 22.8 Å². The fourth-order valence-electron chi connectivity index (χ4n) is 2.18. The summed E-state index contributed by atoms with van der Waals surface area (Å²) in [6, 6.07) is 3.60. The normalized spacial score (nSPS) is 14.6. The van der Waals surface area contributed by atoms with E-state index in [0.717, 1.165) is 17.4 Å². The first-order valence-corrected chi connectivity index (χ1v) is 7.15. The summed E-state index contributed by atoms with van der Waals surface area (Å²) < 4.78 is 13.2. The van der Waals surface area contributed by atoms with E-state index >= 15 is 0 Å². The molecule has 1 aliphatic rings. The molecule has 2 heterocycles. The fourth-order valence-corrected chi connectivity index (χ4v) is 2.75. The van der Waals surface area contributed by atoms with Crippen LogP contribution in [0.2, 0.25) is 0 Å². The Morgan fingerprint density at radius 1 is 1.45 bits per heavy atom. The Bertz CT molecular complexity index is 629. The van der Waals surface area contributed by atoms with Crippen LogP contribution in [0.3, 0.4) is 0 Å². The minimum atomic E-state index is -0.803. The van der Waals surface area contributed by atoms with Crippen LogP contribution in [0, 0.1) is 0 Å². The van der Waals surface area contributed by atoms with Crippen LogP contribution in [0.1, 0.15) is 30.7 Å². The highest BCUT2D eigenvalue weighted by Crippen LogP contribution is 2.41. The van der Waals surface area contributed by atoms with Gasteiger partial charge in [-0.25, -0.2) is 4.68 Å². The summed E-state index contributed by atoms with van der Waals surface area (Å²) in [5.41, 5.74) is 1.37. The molecule has 0 bridgehead atoms. The van der Waals surface area contributed by atoms with Crippen molar-refractivity contribution in [3.05, 3.63) is 34.1 Å². The molecular weight excluding hydrogens is 326 g/mol. The smallest absolute Gasteiger partial charge is 0.231 e.